The van der Waals surface area contributed by atoms with Crippen molar-refractivity contribution >= 4 is 36.1 Å². The summed E-state index contributed by atoms with van der Waals surface area (Å²) in [5, 5.41) is 4.41. The number of rotatable bonds is 12. The molecule has 45 heavy (non-hydrogen) atoms. The predicted octanol–water partition coefficient (Wildman–Crippen LogP) is 4.11. The van der Waals surface area contributed by atoms with Crippen molar-refractivity contribution in [2.75, 3.05) is 0 Å². The standard InChI is InChI=1S/C32H40N2O11/c1-31(2,3)44-29(39)33-23(17-25(35)41-19-21-13-9-7-10-14-21)27(37)43-28(38)24(34-30(40)45-32(4,5)6)18-26(36)42-20-22-15-11-8-12-16-22/h7-16,23-24H,17-20H2,1-6H3,(H,33,39)(H,34,40). The molecule has 0 heterocycles. The lowest BCUT2D eigenvalue weighted by Gasteiger charge is -2.24. The zero-order valence-electron chi connectivity index (χ0n) is 26.2. The fraction of sp³-hybridized carbons (Fsp3) is 0.438. The minimum atomic E-state index is -1.72. The second-order valence-corrected chi connectivity index (χ2v) is 11.8. The highest BCUT2D eigenvalue weighted by molar-refractivity contribution is 5.96. The third kappa shape index (κ3) is 15.4. The molecule has 0 radical (unpaired) electrons. The van der Waals surface area contributed by atoms with Gasteiger partial charge in [-0.1, -0.05) is 60.7 Å². The van der Waals surface area contributed by atoms with Crippen LogP contribution in [0.1, 0.15) is 65.5 Å². The van der Waals surface area contributed by atoms with Crippen LogP contribution < -0.4 is 10.6 Å². The van der Waals surface area contributed by atoms with Gasteiger partial charge in [-0.2, -0.15) is 0 Å². The van der Waals surface area contributed by atoms with E-state index < -0.39 is 72.2 Å². The molecule has 2 rings (SSSR count). The maximum absolute atomic E-state index is 13.1. The van der Waals surface area contributed by atoms with Crippen molar-refractivity contribution in [3.63, 3.8) is 0 Å². The van der Waals surface area contributed by atoms with Gasteiger partial charge < -0.3 is 34.3 Å². The molecule has 0 saturated carbocycles. The van der Waals surface area contributed by atoms with Crippen LogP contribution in [0.5, 0.6) is 0 Å². The monoisotopic (exact) mass is 628 g/mol. The fourth-order valence-electron chi connectivity index (χ4n) is 3.45. The van der Waals surface area contributed by atoms with Crippen molar-refractivity contribution in [3.05, 3.63) is 71.8 Å². The summed E-state index contributed by atoms with van der Waals surface area (Å²) >= 11 is 0. The van der Waals surface area contributed by atoms with E-state index in [4.69, 9.17) is 23.7 Å². The molecule has 2 N–H and O–H groups in total. The second kappa shape index (κ2) is 16.8. The van der Waals surface area contributed by atoms with E-state index in [1.807, 2.05) is 0 Å². The first-order valence-electron chi connectivity index (χ1n) is 14.1. The Balaban J connectivity index is 2.16. The molecule has 0 aliphatic heterocycles. The molecular weight excluding hydrogens is 588 g/mol. The van der Waals surface area contributed by atoms with Crippen molar-refractivity contribution in [1.82, 2.24) is 10.6 Å². The summed E-state index contributed by atoms with van der Waals surface area (Å²) in [5.41, 5.74) is -0.555. The molecule has 0 aliphatic carbocycles. The molecule has 0 spiro atoms. The summed E-state index contributed by atoms with van der Waals surface area (Å²) in [6, 6.07) is 14.0. The normalized spacial score (nSPS) is 12.5. The highest BCUT2D eigenvalue weighted by atomic mass is 16.6. The Morgan fingerprint density at radius 2 is 0.911 bits per heavy atom. The maximum Gasteiger partial charge on any atom is 0.408 e. The quantitative estimate of drug-likeness (QED) is 0.197. The van der Waals surface area contributed by atoms with E-state index in [0.717, 1.165) is 0 Å². The molecule has 2 atom stereocenters. The number of esters is 4. The molecule has 0 aliphatic rings. The highest BCUT2D eigenvalue weighted by Gasteiger charge is 2.34. The summed E-state index contributed by atoms with van der Waals surface area (Å²) in [6.07, 6.45) is -3.58. The zero-order chi connectivity index (χ0) is 33.6. The van der Waals surface area contributed by atoms with Crippen molar-refractivity contribution < 1.29 is 52.5 Å². The van der Waals surface area contributed by atoms with Gasteiger partial charge in [0.2, 0.25) is 0 Å². The molecule has 2 aromatic rings. The predicted molar refractivity (Wildman–Crippen MR) is 159 cm³/mol. The topological polar surface area (TPSA) is 173 Å². The highest BCUT2D eigenvalue weighted by Crippen LogP contribution is 2.12. The first-order valence-corrected chi connectivity index (χ1v) is 14.1. The van der Waals surface area contributed by atoms with Crippen molar-refractivity contribution in [2.45, 2.75) is 90.9 Å². The van der Waals surface area contributed by atoms with E-state index in [1.54, 1.807) is 102 Å². The number of benzene rings is 2. The Hall–Kier alpha value is -4.94. The van der Waals surface area contributed by atoms with E-state index in [-0.39, 0.29) is 13.2 Å². The molecule has 13 nitrogen and oxygen atoms in total. The number of ether oxygens (including phenoxy) is 5. The van der Waals surface area contributed by atoms with Crippen LogP contribution in [0.25, 0.3) is 0 Å². The number of hydrogen-bond donors (Lipinski definition) is 2. The summed E-state index contributed by atoms with van der Waals surface area (Å²) in [7, 11) is 0. The van der Waals surface area contributed by atoms with Crippen LogP contribution in [0.3, 0.4) is 0 Å². The average molecular weight is 629 g/mol. The van der Waals surface area contributed by atoms with Gasteiger partial charge in [0, 0.05) is 0 Å². The molecule has 2 aromatic carbocycles. The Bertz CT molecular complexity index is 1210. The zero-order valence-corrected chi connectivity index (χ0v) is 26.2. The van der Waals surface area contributed by atoms with E-state index in [1.165, 1.54) is 0 Å². The second-order valence-electron chi connectivity index (χ2n) is 11.8. The number of carbonyl (C=O) groups excluding carboxylic acids is 6. The molecule has 2 unspecified atom stereocenters. The number of amides is 2. The SMILES string of the molecule is CC(C)(C)OC(=O)NC(CC(=O)OCc1ccccc1)C(=O)OC(=O)C(CC(=O)OCc1ccccc1)NC(=O)OC(C)(C)C. The van der Waals surface area contributed by atoms with E-state index in [9.17, 15) is 28.8 Å². The van der Waals surface area contributed by atoms with Gasteiger partial charge in [-0.05, 0) is 52.7 Å². The van der Waals surface area contributed by atoms with E-state index in [2.05, 4.69) is 10.6 Å². The average Bonchev–Trinajstić information content (AvgIpc) is 2.93. The van der Waals surface area contributed by atoms with Gasteiger partial charge in [0.15, 0.2) is 0 Å². The smallest absolute Gasteiger partial charge is 0.408 e. The third-order valence-corrected chi connectivity index (χ3v) is 5.38. The van der Waals surface area contributed by atoms with Crippen molar-refractivity contribution in [1.29, 1.82) is 0 Å². The van der Waals surface area contributed by atoms with Gasteiger partial charge in [0.05, 0.1) is 12.8 Å². The number of hydrogen-bond acceptors (Lipinski definition) is 11. The number of alkyl carbamates (subject to hydrolysis) is 2. The summed E-state index contributed by atoms with van der Waals surface area (Å²) in [6.45, 7) is 9.29. The Morgan fingerprint density at radius 3 is 1.22 bits per heavy atom. The molecule has 0 saturated heterocycles. The van der Waals surface area contributed by atoms with Crippen molar-refractivity contribution in [3.8, 4) is 0 Å². The minimum absolute atomic E-state index is 0.111. The summed E-state index contributed by atoms with van der Waals surface area (Å²) < 4.78 is 25.7. The van der Waals surface area contributed by atoms with Gasteiger partial charge in [-0.15, -0.1) is 0 Å². The Labute approximate surface area is 261 Å². The van der Waals surface area contributed by atoms with Crippen LogP contribution in [0.15, 0.2) is 60.7 Å². The molecule has 2 amide bonds. The number of nitrogens with one attached hydrogen (secondary N) is 2. The van der Waals surface area contributed by atoms with Gasteiger partial charge in [0.1, 0.15) is 36.5 Å². The largest absolute Gasteiger partial charge is 0.461 e. The molecule has 0 aromatic heterocycles. The first kappa shape index (κ1) is 36.3. The minimum Gasteiger partial charge on any atom is -0.461 e. The van der Waals surface area contributed by atoms with E-state index >= 15 is 0 Å². The molecule has 244 valence electrons. The van der Waals surface area contributed by atoms with Crippen LogP contribution in [0.2, 0.25) is 0 Å². The van der Waals surface area contributed by atoms with E-state index in [0.29, 0.717) is 11.1 Å². The van der Waals surface area contributed by atoms with Crippen molar-refractivity contribution in [2.24, 2.45) is 0 Å². The lowest BCUT2D eigenvalue weighted by Crippen LogP contribution is -2.49. The summed E-state index contributed by atoms with van der Waals surface area (Å²) in [5.74, 6) is -4.51. The Morgan fingerprint density at radius 1 is 0.578 bits per heavy atom. The third-order valence-electron chi connectivity index (χ3n) is 5.38. The molecule has 13 heteroatoms. The van der Waals surface area contributed by atoms with Crippen LogP contribution >= 0.6 is 0 Å². The van der Waals surface area contributed by atoms with Crippen LogP contribution in [-0.4, -0.2) is 59.3 Å². The molecular formula is C32H40N2O11. The van der Waals surface area contributed by atoms with Crippen LogP contribution in [0, 0.1) is 0 Å². The lowest BCUT2D eigenvalue weighted by molar-refractivity contribution is -0.166. The maximum atomic E-state index is 13.1. The van der Waals surface area contributed by atoms with Crippen LogP contribution in [-0.2, 0) is 56.1 Å². The van der Waals surface area contributed by atoms with Gasteiger partial charge >= 0.3 is 36.1 Å². The Kier molecular flexibility index (Phi) is 13.5. The van der Waals surface area contributed by atoms with Gasteiger partial charge in [0.25, 0.3) is 0 Å². The number of carbonyl (C=O) groups is 6. The van der Waals surface area contributed by atoms with Gasteiger partial charge in [-0.25, -0.2) is 19.2 Å². The van der Waals surface area contributed by atoms with Crippen LogP contribution in [0.4, 0.5) is 9.59 Å². The molecule has 0 bridgehead atoms. The summed E-state index contributed by atoms with van der Waals surface area (Å²) in [4.78, 5) is 76.3. The molecule has 0 fully saturated rings. The van der Waals surface area contributed by atoms with Gasteiger partial charge in [-0.3, -0.25) is 9.59 Å². The fourth-order valence-corrected chi connectivity index (χ4v) is 3.45. The lowest BCUT2D eigenvalue weighted by atomic mass is 10.2. The first-order chi connectivity index (χ1) is 21.0.